The lowest BCUT2D eigenvalue weighted by Gasteiger charge is -2.19. The number of hydrogen-bond acceptors (Lipinski definition) is 11. The van der Waals surface area contributed by atoms with Gasteiger partial charge in [0.2, 0.25) is 11.6 Å². The zero-order valence-electron chi connectivity index (χ0n) is 18.1. The molecule has 0 fully saturated rings. The first-order chi connectivity index (χ1) is 16.8. The van der Waals surface area contributed by atoms with E-state index in [0.29, 0.717) is 11.3 Å². The second-order valence-corrected chi connectivity index (χ2v) is 7.54. The summed E-state index contributed by atoms with van der Waals surface area (Å²) in [7, 11) is 1.82. The molecule has 35 heavy (non-hydrogen) atoms. The van der Waals surface area contributed by atoms with Gasteiger partial charge in [-0.15, -0.1) is 5.10 Å². The van der Waals surface area contributed by atoms with Gasteiger partial charge in [0.05, 0.1) is 23.4 Å². The summed E-state index contributed by atoms with van der Waals surface area (Å²) >= 11 is 5.81. The van der Waals surface area contributed by atoms with Crippen LogP contribution in [0.5, 0.6) is 0 Å². The van der Waals surface area contributed by atoms with Crippen LogP contribution < -0.4 is 16.1 Å². The van der Waals surface area contributed by atoms with Crippen LogP contribution in [0.25, 0.3) is 5.82 Å². The van der Waals surface area contributed by atoms with Crippen molar-refractivity contribution in [3.63, 3.8) is 0 Å². The number of hydrazone groups is 1. The van der Waals surface area contributed by atoms with Crippen LogP contribution in [0.15, 0.2) is 58.3 Å². The van der Waals surface area contributed by atoms with E-state index in [-0.39, 0.29) is 34.6 Å². The third-order valence-corrected chi connectivity index (χ3v) is 5.12. The Morgan fingerprint density at radius 1 is 1.31 bits per heavy atom. The molecule has 0 saturated heterocycles. The molecule has 15 heteroatoms. The molecule has 14 nitrogen and oxygen atoms in total. The van der Waals surface area contributed by atoms with Gasteiger partial charge in [-0.3, -0.25) is 14.9 Å². The molecule has 3 N–H and O–H groups in total. The molecule has 0 saturated carbocycles. The number of nitrogen functional groups attached to an aromatic ring is 1. The molecule has 0 atom stereocenters. The van der Waals surface area contributed by atoms with Crippen molar-refractivity contribution < 1.29 is 14.3 Å². The van der Waals surface area contributed by atoms with Gasteiger partial charge in [0.15, 0.2) is 5.69 Å². The molecule has 4 rings (SSSR count). The van der Waals surface area contributed by atoms with Gasteiger partial charge in [0.25, 0.3) is 11.6 Å². The van der Waals surface area contributed by atoms with Gasteiger partial charge in [-0.2, -0.15) is 9.78 Å². The minimum Gasteiger partial charge on any atom is -0.378 e. The van der Waals surface area contributed by atoms with Crippen molar-refractivity contribution in [3.8, 4) is 5.82 Å². The molecule has 4 aromatic rings. The molecule has 0 radical (unpaired) electrons. The number of nitrogens with two attached hydrogens (primary N) is 1. The molecular formula is C20H17ClN10O4. The van der Waals surface area contributed by atoms with E-state index in [1.165, 1.54) is 29.1 Å². The maximum atomic E-state index is 12.9. The molecule has 178 valence electrons. The van der Waals surface area contributed by atoms with Gasteiger partial charge in [-0.1, -0.05) is 41.1 Å². The van der Waals surface area contributed by atoms with Gasteiger partial charge < -0.3 is 10.6 Å². The summed E-state index contributed by atoms with van der Waals surface area (Å²) in [6.45, 7) is 0.194. The number of nitro benzene ring substituents is 1. The smallest absolute Gasteiger partial charge is 0.293 e. The van der Waals surface area contributed by atoms with Gasteiger partial charge in [-0.05, 0) is 28.5 Å². The Hall–Kier alpha value is -4.85. The summed E-state index contributed by atoms with van der Waals surface area (Å²) in [6, 6.07) is 13.6. The number of carbonyl (C=O) groups is 1. The molecule has 2 aromatic carbocycles. The van der Waals surface area contributed by atoms with E-state index in [0.717, 1.165) is 5.69 Å². The first kappa shape index (κ1) is 23.3. The number of amides is 1. The van der Waals surface area contributed by atoms with Gasteiger partial charge in [0.1, 0.15) is 5.02 Å². The highest BCUT2D eigenvalue weighted by atomic mass is 35.5. The predicted octanol–water partition coefficient (Wildman–Crippen LogP) is 2.19. The number of aromatic nitrogens is 5. The minimum absolute atomic E-state index is 0.0124. The SMILES string of the molecule is CN(Cc1c(C(=O)N/N=C\c2ccc(Cl)c([N+](=O)[O-])c2)nnn1-c1nonc1N)c1ccccc1. The molecule has 0 aliphatic heterocycles. The standard InChI is InChI=1S/C20H17ClN10O4/c1-29(13-5-3-2-4-6-13)11-16-17(24-28-30(16)19-18(22)26-35-27-19)20(32)25-23-10-12-7-8-14(21)15(9-12)31(33)34/h2-10H,11H2,1H3,(H2,22,26)(H,25,32)/b23-10-. The average molecular weight is 497 g/mol. The summed E-state index contributed by atoms with van der Waals surface area (Å²) in [4.78, 5) is 25.2. The fourth-order valence-electron chi connectivity index (χ4n) is 3.09. The van der Waals surface area contributed by atoms with Crippen LogP contribution in [0.3, 0.4) is 0 Å². The summed E-state index contributed by atoms with van der Waals surface area (Å²) in [5, 5.41) is 30.1. The molecule has 0 bridgehead atoms. The van der Waals surface area contributed by atoms with Crippen LogP contribution >= 0.6 is 11.6 Å². The zero-order chi connectivity index (χ0) is 24.9. The molecule has 0 aliphatic carbocycles. The zero-order valence-corrected chi connectivity index (χ0v) is 18.8. The fourth-order valence-corrected chi connectivity index (χ4v) is 3.28. The lowest BCUT2D eigenvalue weighted by molar-refractivity contribution is -0.384. The van der Waals surface area contributed by atoms with E-state index in [9.17, 15) is 14.9 Å². The average Bonchev–Trinajstić information content (AvgIpc) is 3.46. The molecule has 0 unspecified atom stereocenters. The van der Waals surface area contributed by atoms with Crippen molar-refractivity contribution in [1.82, 2.24) is 30.7 Å². The van der Waals surface area contributed by atoms with E-state index in [1.807, 2.05) is 42.3 Å². The Labute approximate surface area is 202 Å². The largest absolute Gasteiger partial charge is 0.378 e. The minimum atomic E-state index is -0.678. The number of nitrogens with zero attached hydrogens (tertiary/aromatic N) is 8. The van der Waals surface area contributed by atoms with Crippen molar-refractivity contribution in [2.24, 2.45) is 5.10 Å². The van der Waals surface area contributed by atoms with Crippen molar-refractivity contribution in [3.05, 3.63) is 80.6 Å². The van der Waals surface area contributed by atoms with Crippen LogP contribution in [0.2, 0.25) is 5.02 Å². The Balaban J connectivity index is 1.60. The van der Waals surface area contributed by atoms with Crippen molar-refractivity contribution in [2.45, 2.75) is 6.54 Å². The number of halogens is 1. The molecule has 0 spiro atoms. The number of rotatable bonds is 8. The van der Waals surface area contributed by atoms with Gasteiger partial charge >= 0.3 is 0 Å². The predicted molar refractivity (Wildman–Crippen MR) is 125 cm³/mol. The van der Waals surface area contributed by atoms with Crippen molar-refractivity contribution >= 4 is 40.9 Å². The third kappa shape index (κ3) is 5.06. The first-order valence-corrected chi connectivity index (χ1v) is 10.3. The second-order valence-electron chi connectivity index (χ2n) is 7.13. The Morgan fingerprint density at radius 2 is 2.09 bits per heavy atom. The monoisotopic (exact) mass is 496 g/mol. The van der Waals surface area contributed by atoms with Crippen molar-refractivity contribution in [2.75, 3.05) is 17.7 Å². The lowest BCUT2D eigenvalue weighted by Crippen LogP contribution is -2.24. The molecule has 0 aliphatic rings. The fraction of sp³-hybridized carbons (Fsp3) is 0.100. The lowest BCUT2D eigenvalue weighted by atomic mass is 10.2. The number of para-hydroxylation sites is 1. The second kappa shape index (κ2) is 9.96. The van der Waals surface area contributed by atoms with Gasteiger partial charge in [-0.25, -0.2) is 10.1 Å². The number of hydrogen-bond donors (Lipinski definition) is 2. The van der Waals surface area contributed by atoms with Gasteiger partial charge in [0, 0.05) is 24.4 Å². The summed E-state index contributed by atoms with van der Waals surface area (Å²) in [5.74, 6) is -0.639. The van der Waals surface area contributed by atoms with E-state index in [1.54, 1.807) is 0 Å². The normalized spacial score (nSPS) is 11.0. The Morgan fingerprint density at radius 3 is 2.77 bits per heavy atom. The van der Waals surface area contributed by atoms with E-state index in [2.05, 4.69) is 35.8 Å². The molecular weight excluding hydrogens is 480 g/mol. The maximum absolute atomic E-state index is 12.9. The maximum Gasteiger partial charge on any atom is 0.293 e. The highest BCUT2D eigenvalue weighted by Crippen LogP contribution is 2.24. The molecule has 1 amide bonds. The van der Waals surface area contributed by atoms with Crippen LogP contribution in [0, 0.1) is 10.1 Å². The molecule has 2 heterocycles. The topological polar surface area (TPSA) is 183 Å². The number of nitro groups is 1. The van der Waals surface area contributed by atoms with Crippen LogP contribution in [0.4, 0.5) is 17.2 Å². The number of carbonyl (C=O) groups excluding carboxylic acids is 1. The summed E-state index contributed by atoms with van der Waals surface area (Å²) in [6.07, 6.45) is 1.24. The Bertz CT molecular complexity index is 1400. The third-order valence-electron chi connectivity index (χ3n) is 4.80. The summed E-state index contributed by atoms with van der Waals surface area (Å²) < 4.78 is 5.91. The van der Waals surface area contributed by atoms with Crippen LogP contribution in [0.1, 0.15) is 21.7 Å². The van der Waals surface area contributed by atoms with E-state index in [4.69, 9.17) is 17.3 Å². The number of nitrogens with one attached hydrogen (secondary N) is 1. The quantitative estimate of drug-likeness (QED) is 0.208. The first-order valence-electron chi connectivity index (χ1n) is 9.91. The Kier molecular flexibility index (Phi) is 6.64. The highest BCUT2D eigenvalue weighted by Gasteiger charge is 2.25. The van der Waals surface area contributed by atoms with Crippen LogP contribution in [-0.4, -0.2) is 49.4 Å². The van der Waals surface area contributed by atoms with E-state index >= 15 is 0 Å². The van der Waals surface area contributed by atoms with E-state index < -0.39 is 10.8 Å². The number of anilines is 2. The van der Waals surface area contributed by atoms with Crippen molar-refractivity contribution in [1.29, 1.82) is 0 Å². The summed E-state index contributed by atoms with van der Waals surface area (Å²) in [5.41, 5.74) is 9.39. The van der Waals surface area contributed by atoms with Crippen LogP contribution in [-0.2, 0) is 6.54 Å². The molecule has 2 aromatic heterocycles. The number of benzene rings is 2. The highest BCUT2D eigenvalue weighted by molar-refractivity contribution is 6.32.